The van der Waals surface area contributed by atoms with E-state index in [-0.39, 0.29) is 30.3 Å². The molecule has 1 aliphatic rings. The molecule has 1 atom stereocenters. The fourth-order valence-corrected chi connectivity index (χ4v) is 2.51. The van der Waals surface area contributed by atoms with E-state index in [9.17, 15) is 14.7 Å². The number of carbonyl (C=O) groups is 2. The molecule has 0 saturated heterocycles. The Hall–Kier alpha value is -1.10. The number of nitrogens with one attached hydrogen (secondary N) is 2. The van der Waals surface area contributed by atoms with Crippen LogP contribution in [0.1, 0.15) is 52.9 Å². The van der Waals surface area contributed by atoms with Crippen molar-refractivity contribution >= 4 is 11.8 Å². The van der Waals surface area contributed by atoms with E-state index in [1.165, 1.54) is 12.8 Å². The summed E-state index contributed by atoms with van der Waals surface area (Å²) in [5.41, 5.74) is -0.0841. The smallest absolute Gasteiger partial charge is 0.239 e. The topological polar surface area (TPSA) is 78.4 Å². The second-order valence-corrected chi connectivity index (χ2v) is 6.93. The van der Waals surface area contributed by atoms with Crippen LogP contribution in [0.25, 0.3) is 0 Å². The van der Waals surface area contributed by atoms with Gasteiger partial charge in [-0.25, -0.2) is 0 Å². The predicted molar refractivity (Wildman–Crippen MR) is 78.1 cm³/mol. The lowest BCUT2D eigenvalue weighted by Crippen LogP contribution is -2.42. The van der Waals surface area contributed by atoms with Gasteiger partial charge in [-0.05, 0) is 24.2 Å². The zero-order chi connectivity index (χ0) is 15.2. The second-order valence-electron chi connectivity index (χ2n) is 6.93. The van der Waals surface area contributed by atoms with Crippen molar-refractivity contribution < 1.29 is 14.7 Å². The van der Waals surface area contributed by atoms with Crippen LogP contribution in [0.15, 0.2) is 0 Å². The minimum atomic E-state index is -0.466. The van der Waals surface area contributed by atoms with Gasteiger partial charge < -0.3 is 15.7 Å². The van der Waals surface area contributed by atoms with Crippen molar-refractivity contribution in [2.45, 2.75) is 59.0 Å². The van der Waals surface area contributed by atoms with Crippen molar-refractivity contribution in [1.82, 2.24) is 10.6 Å². The average molecular weight is 284 g/mol. The molecule has 5 nitrogen and oxygen atoms in total. The molecule has 2 amide bonds. The molecule has 1 fully saturated rings. The van der Waals surface area contributed by atoms with E-state index >= 15 is 0 Å². The van der Waals surface area contributed by atoms with Crippen LogP contribution < -0.4 is 10.6 Å². The molecular formula is C15H28N2O3. The first-order valence-electron chi connectivity index (χ1n) is 7.49. The summed E-state index contributed by atoms with van der Waals surface area (Å²) in [7, 11) is 0. The number of amides is 2. The van der Waals surface area contributed by atoms with Crippen molar-refractivity contribution in [3.8, 4) is 0 Å². The summed E-state index contributed by atoms with van der Waals surface area (Å²) >= 11 is 0. The van der Waals surface area contributed by atoms with E-state index in [1.54, 1.807) is 0 Å². The fourth-order valence-electron chi connectivity index (χ4n) is 2.51. The molecular weight excluding hydrogens is 256 g/mol. The number of hydrogen-bond acceptors (Lipinski definition) is 3. The summed E-state index contributed by atoms with van der Waals surface area (Å²) in [4.78, 5) is 23.2. The number of aliphatic hydroxyl groups excluding tert-OH is 1. The van der Waals surface area contributed by atoms with E-state index < -0.39 is 6.10 Å². The molecule has 0 aromatic carbocycles. The summed E-state index contributed by atoms with van der Waals surface area (Å²) in [6.07, 6.45) is 4.34. The van der Waals surface area contributed by atoms with Gasteiger partial charge in [-0.1, -0.05) is 33.6 Å². The standard InChI is InChI=1S/C15H28N2O3/c1-15(2,3)8-13(19)17-10-14(20)16-9-12(18)11-6-4-5-7-11/h11-12,18H,4-10H2,1-3H3,(H,16,20)(H,17,19). The lowest BCUT2D eigenvalue weighted by molar-refractivity contribution is -0.127. The molecule has 1 saturated carbocycles. The Balaban J connectivity index is 2.15. The zero-order valence-corrected chi connectivity index (χ0v) is 12.9. The third kappa shape index (κ3) is 6.89. The monoisotopic (exact) mass is 284 g/mol. The third-order valence-corrected chi connectivity index (χ3v) is 3.59. The van der Waals surface area contributed by atoms with Gasteiger partial charge in [-0.2, -0.15) is 0 Å². The van der Waals surface area contributed by atoms with Crippen molar-refractivity contribution in [3.05, 3.63) is 0 Å². The van der Waals surface area contributed by atoms with Gasteiger partial charge in [0.15, 0.2) is 0 Å². The number of aliphatic hydroxyl groups is 1. The maximum atomic E-state index is 11.6. The molecule has 3 N–H and O–H groups in total. The Morgan fingerprint density at radius 3 is 2.30 bits per heavy atom. The van der Waals surface area contributed by atoms with E-state index in [4.69, 9.17) is 0 Å². The second kappa shape index (κ2) is 7.62. The highest BCUT2D eigenvalue weighted by Gasteiger charge is 2.23. The third-order valence-electron chi connectivity index (χ3n) is 3.59. The molecule has 0 heterocycles. The van der Waals surface area contributed by atoms with Gasteiger partial charge in [0.25, 0.3) is 0 Å². The normalized spacial score (nSPS) is 17.8. The van der Waals surface area contributed by atoms with Gasteiger partial charge in [0.1, 0.15) is 0 Å². The SMILES string of the molecule is CC(C)(C)CC(=O)NCC(=O)NCC(O)C1CCCC1. The van der Waals surface area contributed by atoms with Crippen LogP contribution in [0.2, 0.25) is 0 Å². The Bertz CT molecular complexity index is 331. The maximum absolute atomic E-state index is 11.6. The largest absolute Gasteiger partial charge is 0.391 e. The fraction of sp³-hybridized carbons (Fsp3) is 0.867. The van der Waals surface area contributed by atoms with Crippen LogP contribution in [-0.4, -0.2) is 36.1 Å². The van der Waals surface area contributed by atoms with Crippen molar-refractivity contribution in [1.29, 1.82) is 0 Å². The summed E-state index contributed by atoms with van der Waals surface area (Å²) in [6, 6.07) is 0. The van der Waals surface area contributed by atoms with E-state index in [2.05, 4.69) is 10.6 Å². The van der Waals surface area contributed by atoms with Crippen LogP contribution in [0.5, 0.6) is 0 Å². The molecule has 1 unspecified atom stereocenters. The maximum Gasteiger partial charge on any atom is 0.239 e. The van der Waals surface area contributed by atoms with Crippen molar-refractivity contribution in [3.63, 3.8) is 0 Å². The minimum absolute atomic E-state index is 0.0215. The lowest BCUT2D eigenvalue weighted by Gasteiger charge is -2.19. The highest BCUT2D eigenvalue weighted by atomic mass is 16.3. The summed E-state index contributed by atoms with van der Waals surface area (Å²) < 4.78 is 0. The lowest BCUT2D eigenvalue weighted by atomic mass is 9.92. The van der Waals surface area contributed by atoms with Crippen molar-refractivity contribution in [2.75, 3.05) is 13.1 Å². The zero-order valence-electron chi connectivity index (χ0n) is 12.9. The highest BCUT2D eigenvalue weighted by molar-refractivity contribution is 5.84. The molecule has 0 bridgehead atoms. The summed E-state index contributed by atoms with van der Waals surface area (Å²) in [5.74, 6) is -0.0564. The first kappa shape index (κ1) is 17.0. The van der Waals surface area contributed by atoms with E-state index in [0.29, 0.717) is 12.3 Å². The first-order valence-corrected chi connectivity index (χ1v) is 7.49. The number of carbonyl (C=O) groups excluding carboxylic acids is 2. The molecule has 0 aliphatic heterocycles. The van der Waals surface area contributed by atoms with Gasteiger partial charge in [0.05, 0.1) is 12.6 Å². The van der Waals surface area contributed by atoms with E-state index in [0.717, 1.165) is 12.8 Å². The molecule has 0 aromatic rings. The Labute approximate surface area is 121 Å². The summed E-state index contributed by atoms with van der Waals surface area (Å²) in [5, 5.41) is 15.2. The van der Waals surface area contributed by atoms with Crippen LogP contribution >= 0.6 is 0 Å². The van der Waals surface area contributed by atoms with Gasteiger partial charge >= 0.3 is 0 Å². The Kier molecular flexibility index (Phi) is 6.46. The molecule has 0 radical (unpaired) electrons. The minimum Gasteiger partial charge on any atom is -0.391 e. The molecule has 20 heavy (non-hydrogen) atoms. The molecule has 0 spiro atoms. The molecule has 116 valence electrons. The van der Waals surface area contributed by atoms with Gasteiger partial charge in [-0.3, -0.25) is 9.59 Å². The average Bonchev–Trinajstić information content (AvgIpc) is 2.85. The number of rotatable bonds is 6. The first-order chi connectivity index (χ1) is 9.28. The Morgan fingerprint density at radius 1 is 1.15 bits per heavy atom. The molecule has 0 aromatic heterocycles. The van der Waals surface area contributed by atoms with Crippen molar-refractivity contribution in [2.24, 2.45) is 11.3 Å². The number of hydrogen-bond donors (Lipinski definition) is 3. The highest BCUT2D eigenvalue weighted by Crippen LogP contribution is 2.27. The van der Waals surface area contributed by atoms with Gasteiger partial charge in [0, 0.05) is 13.0 Å². The Morgan fingerprint density at radius 2 is 1.75 bits per heavy atom. The van der Waals surface area contributed by atoms with E-state index in [1.807, 2.05) is 20.8 Å². The van der Waals surface area contributed by atoms with Crippen LogP contribution in [0, 0.1) is 11.3 Å². The molecule has 1 aliphatic carbocycles. The summed E-state index contributed by atoms with van der Waals surface area (Å²) in [6.45, 7) is 6.19. The quantitative estimate of drug-likeness (QED) is 0.686. The van der Waals surface area contributed by atoms with Crippen LogP contribution in [0.3, 0.4) is 0 Å². The van der Waals surface area contributed by atoms with Gasteiger partial charge in [-0.15, -0.1) is 0 Å². The van der Waals surface area contributed by atoms with Crippen LogP contribution in [0.4, 0.5) is 0 Å². The van der Waals surface area contributed by atoms with Crippen LogP contribution in [-0.2, 0) is 9.59 Å². The molecule has 5 heteroatoms. The van der Waals surface area contributed by atoms with Gasteiger partial charge in [0.2, 0.25) is 11.8 Å². The predicted octanol–water partition coefficient (Wildman–Crippen LogP) is 1.21. The molecule has 1 rings (SSSR count).